The zero-order valence-electron chi connectivity index (χ0n) is 11.4. The van der Waals surface area contributed by atoms with Crippen LogP contribution in [0.1, 0.15) is 20.0 Å². The van der Waals surface area contributed by atoms with Gasteiger partial charge in [-0.15, -0.1) is 11.3 Å². The number of carboxylic acid groups (broad SMARTS) is 1. The highest BCUT2D eigenvalue weighted by Gasteiger charge is 2.14. The highest BCUT2D eigenvalue weighted by Crippen LogP contribution is 2.28. The monoisotopic (exact) mass is 307 g/mol. The molecule has 2 rings (SSSR count). The quantitative estimate of drug-likeness (QED) is 0.887. The van der Waals surface area contributed by atoms with E-state index in [0.717, 1.165) is 0 Å². The summed E-state index contributed by atoms with van der Waals surface area (Å²) >= 11 is 1.23. The second-order valence-electron chi connectivity index (χ2n) is 4.03. The van der Waals surface area contributed by atoms with Crippen LogP contribution in [-0.4, -0.2) is 31.2 Å². The third-order valence-corrected chi connectivity index (χ3v) is 3.64. The number of ether oxygens (including phenoxy) is 2. The molecule has 6 nitrogen and oxygen atoms in total. The molecule has 0 bridgehead atoms. The van der Waals surface area contributed by atoms with Crippen LogP contribution in [-0.2, 0) is 0 Å². The van der Waals surface area contributed by atoms with Crippen molar-refractivity contribution in [3.63, 3.8) is 0 Å². The third-order valence-electron chi connectivity index (χ3n) is 2.73. The molecule has 1 amide bonds. The van der Waals surface area contributed by atoms with Crippen molar-refractivity contribution < 1.29 is 24.2 Å². The summed E-state index contributed by atoms with van der Waals surface area (Å²) < 4.78 is 10.1. The van der Waals surface area contributed by atoms with E-state index < -0.39 is 5.97 Å². The van der Waals surface area contributed by atoms with Gasteiger partial charge in [-0.25, -0.2) is 4.79 Å². The maximum Gasteiger partial charge on any atom is 0.335 e. The van der Waals surface area contributed by atoms with E-state index in [4.69, 9.17) is 14.6 Å². The number of rotatable bonds is 5. The second kappa shape index (κ2) is 6.27. The van der Waals surface area contributed by atoms with E-state index in [9.17, 15) is 9.59 Å². The van der Waals surface area contributed by atoms with Gasteiger partial charge in [0.25, 0.3) is 5.91 Å². The fourth-order valence-corrected chi connectivity index (χ4v) is 2.42. The Morgan fingerprint density at radius 1 is 1.19 bits per heavy atom. The lowest BCUT2D eigenvalue weighted by Gasteiger charge is -2.10. The van der Waals surface area contributed by atoms with Crippen molar-refractivity contribution >= 4 is 28.9 Å². The van der Waals surface area contributed by atoms with E-state index in [2.05, 4.69) is 5.32 Å². The molecule has 0 saturated heterocycles. The number of carbonyl (C=O) groups excluding carboxylic acids is 1. The number of hydrogen-bond donors (Lipinski definition) is 2. The molecule has 0 aliphatic rings. The van der Waals surface area contributed by atoms with Crippen LogP contribution in [0.25, 0.3) is 0 Å². The highest BCUT2D eigenvalue weighted by molar-refractivity contribution is 7.12. The van der Waals surface area contributed by atoms with Gasteiger partial charge in [0.2, 0.25) is 0 Å². The predicted octanol–water partition coefficient (Wildman–Crippen LogP) is 2.72. The van der Waals surface area contributed by atoms with Crippen LogP contribution in [0.2, 0.25) is 0 Å². The summed E-state index contributed by atoms with van der Waals surface area (Å²) in [4.78, 5) is 23.6. The average molecular weight is 307 g/mol. The summed E-state index contributed by atoms with van der Waals surface area (Å²) in [7, 11) is 2.96. The first kappa shape index (κ1) is 14.9. The first-order valence-electron chi connectivity index (χ1n) is 5.90. The molecule has 21 heavy (non-hydrogen) atoms. The Kier molecular flexibility index (Phi) is 4.44. The fourth-order valence-electron chi connectivity index (χ4n) is 1.67. The number of nitrogens with one attached hydrogen (secondary N) is 1. The van der Waals surface area contributed by atoms with Gasteiger partial charge in [0.15, 0.2) is 0 Å². The van der Waals surface area contributed by atoms with E-state index in [1.165, 1.54) is 43.8 Å². The third kappa shape index (κ3) is 3.32. The molecular weight excluding hydrogens is 294 g/mol. The lowest BCUT2D eigenvalue weighted by atomic mass is 10.2. The molecule has 1 aromatic heterocycles. The summed E-state index contributed by atoms with van der Waals surface area (Å²) in [6.45, 7) is 0. The molecule has 110 valence electrons. The molecule has 0 saturated carbocycles. The van der Waals surface area contributed by atoms with Crippen molar-refractivity contribution in [3.05, 3.63) is 40.1 Å². The van der Waals surface area contributed by atoms with E-state index >= 15 is 0 Å². The molecule has 2 aromatic rings. The van der Waals surface area contributed by atoms with Crippen LogP contribution < -0.4 is 14.8 Å². The van der Waals surface area contributed by atoms with Crippen molar-refractivity contribution in [3.8, 4) is 11.5 Å². The first-order chi connectivity index (χ1) is 10.0. The van der Waals surface area contributed by atoms with Gasteiger partial charge < -0.3 is 19.9 Å². The van der Waals surface area contributed by atoms with Crippen LogP contribution in [0.4, 0.5) is 5.69 Å². The molecule has 0 radical (unpaired) electrons. The molecule has 0 spiro atoms. The lowest BCUT2D eigenvalue weighted by Crippen LogP contribution is -2.12. The molecule has 0 atom stereocenters. The minimum Gasteiger partial charge on any atom is -0.496 e. The van der Waals surface area contributed by atoms with Gasteiger partial charge in [-0.3, -0.25) is 4.79 Å². The molecular formula is C14H13NO5S. The molecule has 0 aliphatic carbocycles. The Bertz CT molecular complexity index is 680. The molecule has 0 fully saturated rings. The smallest absolute Gasteiger partial charge is 0.335 e. The van der Waals surface area contributed by atoms with Gasteiger partial charge in [0.05, 0.1) is 30.3 Å². The van der Waals surface area contributed by atoms with Gasteiger partial charge in [-0.1, -0.05) is 0 Å². The number of carboxylic acids is 1. The van der Waals surface area contributed by atoms with Crippen LogP contribution in [0, 0.1) is 0 Å². The molecule has 0 aliphatic heterocycles. The Morgan fingerprint density at radius 3 is 2.52 bits per heavy atom. The number of amides is 1. The summed E-state index contributed by atoms with van der Waals surface area (Å²) in [5.74, 6) is -0.455. The maximum atomic E-state index is 12.1. The van der Waals surface area contributed by atoms with E-state index in [-0.39, 0.29) is 11.5 Å². The molecule has 1 heterocycles. The number of hydrogen-bond acceptors (Lipinski definition) is 5. The zero-order chi connectivity index (χ0) is 15.4. The van der Waals surface area contributed by atoms with Gasteiger partial charge in [-0.2, -0.15) is 0 Å². The molecule has 7 heteroatoms. The Balaban J connectivity index is 2.26. The number of thiophene rings is 1. The van der Waals surface area contributed by atoms with Crippen molar-refractivity contribution in [1.82, 2.24) is 0 Å². The largest absolute Gasteiger partial charge is 0.496 e. The van der Waals surface area contributed by atoms with Gasteiger partial charge >= 0.3 is 5.97 Å². The van der Waals surface area contributed by atoms with E-state index in [1.54, 1.807) is 11.4 Å². The number of aromatic carboxylic acids is 1. The molecule has 0 unspecified atom stereocenters. The SMILES string of the molecule is COc1csc(C(=O)Nc2cc(C(=O)O)ccc2OC)c1. The van der Waals surface area contributed by atoms with Crippen LogP contribution in [0.15, 0.2) is 29.6 Å². The van der Waals surface area contributed by atoms with Gasteiger partial charge in [-0.05, 0) is 18.2 Å². The van der Waals surface area contributed by atoms with Crippen molar-refractivity contribution in [2.75, 3.05) is 19.5 Å². The fraction of sp³-hybridized carbons (Fsp3) is 0.143. The average Bonchev–Trinajstić information content (AvgIpc) is 2.96. The van der Waals surface area contributed by atoms with Gasteiger partial charge in [0, 0.05) is 11.4 Å². The van der Waals surface area contributed by atoms with Crippen LogP contribution in [0.3, 0.4) is 0 Å². The van der Waals surface area contributed by atoms with E-state index in [1.807, 2.05) is 0 Å². The normalized spacial score (nSPS) is 10.0. The Morgan fingerprint density at radius 2 is 1.95 bits per heavy atom. The standard InChI is InChI=1S/C14H13NO5S/c1-19-9-6-12(21-7-9)13(16)15-10-5-8(14(17)18)3-4-11(10)20-2/h3-7H,1-2H3,(H,15,16)(H,17,18). The van der Waals surface area contributed by atoms with Crippen molar-refractivity contribution in [2.24, 2.45) is 0 Å². The zero-order valence-corrected chi connectivity index (χ0v) is 12.2. The number of methoxy groups -OCH3 is 2. The van der Waals surface area contributed by atoms with Gasteiger partial charge in [0.1, 0.15) is 11.5 Å². The summed E-state index contributed by atoms with van der Waals surface area (Å²) in [5, 5.41) is 13.3. The summed E-state index contributed by atoms with van der Waals surface area (Å²) in [6.07, 6.45) is 0. The topological polar surface area (TPSA) is 84.9 Å². The number of benzene rings is 1. The molecule has 1 aromatic carbocycles. The van der Waals surface area contributed by atoms with E-state index in [0.29, 0.717) is 22.1 Å². The number of anilines is 1. The minimum absolute atomic E-state index is 0.0647. The minimum atomic E-state index is -1.08. The summed E-state index contributed by atoms with van der Waals surface area (Å²) in [6, 6.07) is 5.86. The maximum absolute atomic E-state index is 12.1. The second-order valence-corrected chi connectivity index (χ2v) is 4.94. The lowest BCUT2D eigenvalue weighted by molar-refractivity contribution is 0.0696. The molecule has 2 N–H and O–H groups in total. The number of carbonyl (C=O) groups is 2. The highest BCUT2D eigenvalue weighted by atomic mass is 32.1. The van der Waals surface area contributed by atoms with Crippen LogP contribution in [0.5, 0.6) is 11.5 Å². The Labute approximate surface area is 124 Å². The van der Waals surface area contributed by atoms with Crippen LogP contribution >= 0.6 is 11.3 Å². The summed E-state index contributed by atoms with van der Waals surface area (Å²) in [5.41, 5.74) is 0.365. The Hall–Kier alpha value is -2.54. The van der Waals surface area contributed by atoms with Crippen molar-refractivity contribution in [1.29, 1.82) is 0 Å². The van der Waals surface area contributed by atoms with Crippen molar-refractivity contribution in [2.45, 2.75) is 0 Å². The predicted molar refractivity (Wildman–Crippen MR) is 78.8 cm³/mol. The first-order valence-corrected chi connectivity index (χ1v) is 6.78.